The number of rotatable bonds is 2. The van der Waals surface area contributed by atoms with Gasteiger partial charge in [-0.1, -0.05) is 13.8 Å². The van der Waals surface area contributed by atoms with E-state index >= 15 is 0 Å². The van der Waals surface area contributed by atoms with Crippen molar-refractivity contribution < 1.29 is 0 Å². The lowest BCUT2D eigenvalue weighted by Crippen LogP contribution is -2.54. The first-order valence-electron chi connectivity index (χ1n) is 7.91. The zero-order valence-corrected chi connectivity index (χ0v) is 13.7. The third kappa shape index (κ3) is 2.68. The van der Waals surface area contributed by atoms with E-state index in [9.17, 15) is 4.79 Å². The Balaban J connectivity index is 2.25. The first-order valence-corrected chi connectivity index (χ1v) is 7.91. The van der Waals surface area contributed by atoms with E-state index in [0.717, 1.165) is 36.4 Å². The summed E-state index contributed by atoms with van der Waals surface area (Å²) >= 11 is 0. The third-order valence-electron chi connectivity index (χ3n) is 4.55. The molecule has 6 nitrogen and oxygen atoms in total. The zero-order chi connectivity index (χ0) is 16.6. The van der Waals surface area contributed by atoms with Crippen LogP contribution in [0.5, 0.6) is 0 Å². The van der Waals surface area contributed by atoms with Gasteiger partial charge in [0.1, 0.15) is 17.3 Å². The number of nitrogens with zero attached hydrogens (tertiary/aromatic N) is 4. The van der Waals surface area contributed by atoms with Gasteiger partial charge in [-0.05, 0) is 18.1 Å². The fourth-order valence-electron chi connectivity index (χ4n) is 3.21. The Labute approximate surface area is 135 Å². The van der Waals surface area contributed by atoms with Crippen LogP contribution in [0.1, 0.15) is 19.5 Å². The van der Waals surface area contributed by atoms with Gasteiger partial charge in [0.15, 0.2) is 0 Å². The molecule has 0 aliphatic carbocycles. The number of piperazine rings is 1. The molecule has 1 N–H and O–H groups in total. The molecule has 1 aliphatic rings. The van der Waals surface area contributed by atoms with E-state index in [1.807, 2.05) is 0 Å². The minimum Gasteiger partial charge on any atom is -0.364 e. The minimum absolute atomic E-state index is 0.0555. The largest absolute Gasteiger partial charge is 0.364 e. The van der Waals surface area contributed by atoms with Gasteiger partial charge in [-0.15, -0.1) is 0 Å². The predicted molar refractivity (Wildman–Crippen MR) is 90.5 cm³/mol. The molecule has 23 heavy (non-hydrogen) atoms. The van der Waals surface area contributed by atoms with Gasteiger partial charge >= 0.3 is 0 Å². The monoisotopic (exact) mass is 311 g/mol. The van der Waals surface area contributed by atoms with Crippen LogP contribution in [0, 0.1) is 17.2 Å². The molecular weight excluding hydrogens is 290 g/mol. The van der Waals surface area contributed by atoms with Crippen LogP contribution in [-0.2, 0) is 7.05 Å². The van der Waals surface area contributed by atoms with Gasteiger partial charge in [0.2, 0.25) is 0 Å². The van der Waals surface area contributed by atoms with Gasteiger partial charge < -0.3 is 14.8 Å². The van der Waals surface area contributed by atoms with Gasteiger partial charge in [-0.25, -0.2) is 4.98 Å². The second-order valence-corrected chi connectivity index (χ2v) is 6.31. The summed E-state index contributed by atoms with van der Waals surface area (Å²) < 4.78 is 1.58. The molecule has 6 heteroatoms. The molecule has 0 radical (unpaired) electrons. The second-order valence-electron chi connectivity index (χ2n) is 6.31. The first-order chi connectivity index (χ1) is 11.0. The molecule has 0 aromatic carbocycles. The van der Waals surface area contributed by atoms with Gasteiger partial charge in [-0.2, -0.15) is 5.26 Å². The summed E-state index contributed by atoms with van der Waals surface area (Å²) in [7, 11) is 1.74. The topological polar surface area (TPSA) is 74.0 Å². The summed E-state index contributed by atoms with van der Waals surface area (Å²) in [5, 5.41) is 12.6. The summed E-state index contributed by atoms with van der Waals surface area (Å²) in [6.45, 7) is 6.94. The van der Waals surface area contributed by atoms with Crippen molar-refractivity contribution >= 4 is 16.7 Å². The van der Waals surface area contributed by atoms with Crippen LogP contribution in [0.2, 0.25) is 0 Å². The number of fused-ring (bicyclic) bond motifs is 1. The van der Waals surface area contributed by atoms with E-state index in [1.165, 1.54) is 0 Å². The van der Waals surface area contributed by atoms with Crippen molar-refractivity contribution in [1.29, 1.82) is 5.26 Å². The summed E-state index contributed by atoms with van der Waals surface area (Å²) in [5.41, 5.74) is 2.63. The quantitative estimate of drug-likeness (QED) is 0.903. The van der Waals surface area contributed by atoms with Crippen LogP contribution >= 0.6 is 0 Å². The van der Waals surface area contributed by atoms with E-state index in [-0.39, 0.29) is 5.56 Å². The molecule has 1 atom stereocenters. The van der Waals surface area contributed by atoms with Crippen molar-refractivity contribution in [3.8, 4) is 6.07 Å². The SMILES string of the molecule is CC(C)C1CNCCN1c1cc(=O)n(C)c2ccc(C#N)nc12. The smallest absolute Gasteiger partial charge is 0.252 e. The van der Waals surface area contributed by atoms with E-state index in [4.69, 9.17) is 5.26 Å². The van der Waals surface area contributed by atoms with Gasteiger partial charge in [0, 0.05) is 38.8 Å². The van der Waals surface area contributed by atoms with E-state index in [1.54, 1.807) is 29.8 Å². The standard InChI is InChI=1S/C17H21N5O/c1-11(2)15-10-19-6-7-22(15)14-8-16(23)21(3)13-5-4-12(9-18)20-17(13)14/h4-5,8,11,15,19H,6-7,10H2,1-3H3. The van der Waals surface area contributed by atoms with Crippen LogP contribution in [-0.4, -0.2) is 35.2 Å². The Hall–Kier alpha value is -2.39. The van der Waals surface area contributed by atoms with E-state index < -0.39 is 0 Å². The predicted octanol–water partition coefficient (Wildman–Crippen LogP) is 1.24. The maximum absolute atomic E-state index is 12.4. The highest BCUT2D eigenvalue weighted by Gasteiger charge is 2.27. The highest BCUT2D eigenvalue weighted by atomic mass is 16.1. The fraction of sp³-hybridized carbons (Fsp3) is 0.471. The fourth-order valence-corrected chi connectivity index (χ4v) is 3.21. The highest BCUT2D eigenvalue weighted by molar-refractivity contribution is 5.89. The van der Waals surface area contributed by atoms with Crippen LogP contribution in [0.3, 0.4) is 0 Å². The van der Waals surface area contributed by atoms with Crippen molar-refractivity contribution in [2.75, 3.05) is 24.5 Å². The minimum atomic E-state index is -0.0555. The average Bonchev–Trinajstić information content (AvgIpc) is 2.57. The van der Waals surface area contributed by atoms with Crippen molar-refractivity contribution in [3.05, 3.63) is 34.2 Å². The Morgan fingerprint density at radius 2 is 2.22 bits per heavy atom. The summed E-state index contributed by atoms with van der Waals surface area (Å²) in [4.78, 5) is 19.1. The Bertz CT molecular complexity index is 833. The highest BCUT2D eigenvalue weighted by Crippen LogP contribution is 2.28. The Morgan fingerprint density at radius 3 is 2.91 bits per heavy atom. The van der Waals surface area contributed by atoms with Crippen molar-refractivity contribution in [1.82, 2.24) is 14.9 Å². The van der Waals surface area contributed by atoms with E-state index in [0.29, 0.717) is 17.7 Å². The van der Waals surface area contributed by atoms with Gasteiger partial charge in [0.05, 0.1) is 11.2 Å². The van der Waals surface area contributed by atoms with E-state index in [2.05, 4.69) is 35.1 Å². The molecule has 3 heterocycles. The van der Waals surface area contributed by atoms with Crippen LogP contribution in [0.15, 0.2) is 23.0 Å². The molecule has 120 valence electrons. The number of aromatic nitrogens is 2. The number of hydrogen-bond acceptors (Lipinski definition) is 5. The van der Waals surface area contributed by atoms with Crippen molar-refractivity contribution in [3.63, 3.8) is 0 Å². The molecule has 2 aromatic heterocycles. The molecule has 0 amide bonds. The van der Waals surface area contributed by atoms with Gasteiger partial charge in [0.25, 0.3) is 5.56 Å². The maximum atomic E-state index is 12.4. The molecule has 1 saturated heterocycles. The molecule has 1 aliphatic heterocycles. The van der Waals surface area contributed by atoms with Crippen LogP contribution in [0.4, 0.5) is 5.69 Å². The van der Waals surface area contributed by atoms with Crippen molar-refractivity contribution in [2.45, 2.75) is 19.9 Å². The lowest BCUT2D eigenvalue weighted by Gasteiger charge is -2.40. The molecule has 0 spiro atoms. The maximum Gasteiger partial charge on any atom is 0.252 e. The van der Waals surface area contributed by atoms with Crippen LogP contribution in [0.25, 0.3) is 11.0 Å². The lowest BCUT2D eigenvalue weighted by atomic mass is 9.99. The number of nitrogens with one attached hydrogen (secondary N) is 1. The zero-order valence-electron chi connectivity index (χ0n) is 13.7. The number of nitriles is 1. The first kappa shape index (κ1) is 15.5. The number of aryl methyl sites for hydroxylation is 1. The summed E-state index contributed by atoms with van der Waals surface area (Å²) in [6, 6.07) is 7.50. The molecule has 3 rings (SSSR count). The molecule has 1 unspecified atom stereocenters. The summed E-state index contributed by atoms with van der Waals surface area (Å²) in [5.74, 6) is 0.445. The molecule has 0 saturated carbocycles. The lowest BCUT2D eigenvalue weighted by molar-refractivity contribution is 0.391. The summed E-state index contributed by atoms with van der Waals surface area (Å²) in [6.07, 6.45) is 0. The Morgan fingerprint density at radius 1 is 1.43 bits per heavy atom. The van der Waals surface area contributed by atoms with Crippen LogP contribution < -0.4 is 15.8 Å². The number of anilines is 1. The number of hydrogen-bond donors (Lipinski definition) is 1. The number of pyridine rings is 2. The molecule has 1 fully saturated rings. The third-order valence-corrected chi connectivity index (χ3v) is 4.55. The molecular formula is C17H21N5O. The van der Waals surface area contributed by atoms with Crippen molar-refractivity contribution in [2.24, 2.45) is 13.0 Å². The second kappa shape index (κ2) is 6.01. The molecule has 2 aromatic rings. The van der Waals surface area contributed by atoms with Gasteiger partial charge in [-0.3, -0.25) is 4.79 Å². The Kier molecular flexibility index (Phi) is 4.05. The molecule has 0 bridgehead atoms. The average molecular weight is 311 g/mol. The normalized spacial score (nSPS) is 18.4.